The number of carbonyl (C=O) groups is 2. The van der Waals surface area contributed by atoms with E-state index in [0.717, 1.165) is 18.4 Å². The maximum absolute atomic E-state index is 13.9. The second kappa shape index (κ2) is 12.6. The lowest BCUT2D eigenvalue weighted by Gasteiger charge is -2.37. The molecule has 0 spiro atoms. The summed E-state index contributed by atoms with van der Waals surface area (Å²) in [6.45, 7) is 4.17. The van der Waals surface area contributed by atoms with Crippen LogP contribution in [0.25, 0.3) is 0 Å². The van der Waals surface area contributed by atoms with Crippen molar-refractivity contribution in [2.24, 2.45) is 23.5 Å². The van der Waals surface area contributed by atoms with E-state index >= 15 is 0 Å². The van der Waals surface area contributed by atoms with Gasteiger partial charge in [-0.3, -0.25) is 4.79 Å². The average Bonchev–Trinajstić information content (AvgIpc) is 3.77. The number of ether oxygens (including phenoxy) is 3. The van der Waals surface area contributed by atoms with Gasteiger partial charge in [-0.15, -0.1) is 0 Å². The van der Waals surface area contributed by atoms with E-state index in [-0.39, 0.29) is 48.6 Å². The van der Waals surface area contributed by atoms with Crippen LogP contribution in [0.3, 0.4) is 0 Å². The zero-order valence-electron chi connectivity index (χ0n) is 25.7. The van der Waals surface area contributed by atoms with Crippen molar-refractivity contribution in [3.05, 3.63) is 65.7 Å². The number of nitrogens with one attached hydrogen (secondary N) is 1. The van der Waals surface area contributed by atoms with Crippen molar-refractivity contribution in [3.8, 4) is 0 Å². The molecule has 4 N–H and O–H groups in total. The molecule has 244 valence electrons. The molecule has 2 saturated heterocycles. The number of rotatable bonds is 13. The fourth-order valence-corrected chi connectivity index (χ4v) is 8.72. The van der Waals surface area contributed by atoms with Gasteiger partial charge >= 0.3 is 6.09 Å². The number of aliphatic hydroxyl groups is 1. The van der Waals surface area contributed by atoms with E-state index in [0.29, 0.717) is 30.9 Å². The molecule has 6 rings (SSSR count). The number of amides is 2. The SMILES string of the molecule is CC(C)CN(C[C@@H](O)[C@H](Cc1ccccc1)NC(=O)OC1C2CC3C[C@@H]1COC3O2)S(=O)(=O)c1ccc(C2(C(N)=O)CC2)cc1. The second-order valence-electron chi connectivity index (χ2n) is 13.4. The van der Waals surface area contributed by atoms with Gasteiger partial charge in [-0.2, -0.15) is 4.31 Å². The minimum absolute atomic E-state index is 0.0414. The van der Waals surface area contributed by atoms with E-state index in [9.17, 15) is 23.1 Å². The van der Waals surface area contributed by atoms with E-state index in [1.807, 2.05) is 44.2 Å². The van der Waals surface area contributed by atoms with Crippen molar-refractivity contribution < 1.29 is 37.3 Å². The molecule has 2 aliphatic heterocycles. The van der Waals surface area contributed by atoms with Crippen molar-refractivity contribution in [3.63, 3.8) is 0 Å². The Morgan fingerprint density at radius 3 is 2.42 bits per heavy atom. The molecule has 7 atom stereocenters. The highest BCUT2D eigenvalue weighted by atomic mass is 32.2. The molecule has 2 amide bonds. The van der Waals surface area contributed by atoms with Crippen molar-refractivity contribution in [2.45, 2.75) is 86.9 Å². The van der Waals surface area contributed by atoms with E-state index in [2.05, 4.69) is 5.32 Å². The Hall–Kier alpha value is -3.03. The number of benzene rings is 2. The summed E-state index contributed by atoms with van der Waals surface area (Å²) in [7, 11) is -4.04. The van der Waals surface area contributed by atoms with Crippen LogP contribution in [-0.4, -0.2) is 80.2 Å². The Labute approximate surface area is 264 Å². The van der Waals surface area contributed by atoms with Crippen LogP contribution in [0.1, 0.15) is 50.7 Å². The number of alkyl carbamates (subject to hydrolysis) is 1. The molecule has 2 aromatic rings. The number of hydrogen-bond donors (Lipinski definition) is 3. The Morgan fingerprint density at radius 1 is 1.07 bits per heavy atom. The molecular formula is C33H43N3O8S. The van der Waals surface area contributed by atoms with Gasteiger partial charge in [0.15, 0.2) is 6.29 Å². The van der Waals surface area contributed by atoms with Gasteiger partial charge in [-0.25, -0.2) is 13.2 Å². The van der Waals surface area contributed by atoms with Gasteiger partial charge < -0.3 is 30.4 Å². The smallest absolute Gasteiger partial charge is 0.407 e. The third kappa shape index (κ3) is 6.62. The second-order valence-corrected chi connectivity index (χ2v) is 15.4. The molecular weight excluding hydrogens is 598 g/mol. The molecule has 2 aromatic carbocycles. The summed E-state index contributed by atoms with van der Waals surface area (Å²) in [5, 5.41) is 14.4. The molecule has 2 heterocycles. The minimum Gasteiger partial charge on any atom is -0.443 e. The van der Waals surface area contributed by atoms with E-state index in [4.69, 9.17) is 19.9 Å². The molecule has 4 aliphatic rings. The lowest BCUT2D eigenvalue weighted by Crippen LogP contribution is -2.53. The minimum atomic E-state index is -4.04. The highest BCUT2D eigenvalue weighted by molar-refractivity contribution is 7.89. The lowest BCUT2D eigenvalue weighted by atomic mass is 9.78. The Bertz CT molecular complexity index is 1470. The van der Waals surface area contributed by atoms with Gasteiger partial charge in [0.2, 0.25) is 15.9 Å². The third-order valence-electron chi connectivity index (χ3n) is 9.68. The van der Waals surface area contributed by atoms with Crippen molar-refractivity contribution in [2.75, 3.05) is 19.7 Å². The van der Waals surface area contributed by atoms with Gasteiger partial charge in [0.1, 0.15) is 6.10 Å². The Balaban J connectivity index is 1.19. The van der Waals surface area contributed by atoms with Crippen LogP contribution < -0.4 is 11.1 Å². The molecule has 45 heavy (non-hydrogen) atoms. The van der Waals surface area contributed by atoms with E-state index in [1.54, 1.807) is 12.1 Å². The van der Waals surface area contributed by atoms with Gasteiger partial charge in [-0.1, -0.05) is 56.3 Å². The normalized spacial score (nSPS) is 27.7. The van der Waals surface area contributed by atoms with E-state index in [1.165, 1.54) is 16.4 Å². The zero-order chi connectivity index (χ0) is 31.9. The maximum atomic E-state index is 13.9. The molecule has 0 aromatic heterocycles. The van der Waals surface area contributed by atoms with Crippen LogP contribution in [0.2, 0.25) is 0 Å². The van der Waals surface area contributed by atoms with Crippen molar-refractivity contribution in [1.29, 1.82) is 0 Å². The van der Waals surface area contributed by atoms with Crippen LogP contribution in [0.5, 0.6) is 0 Å². The van der Waals surface area contributed by atoms with Gasteiger partial charge in [-0.05, 0) is 61.3 Å². The van der Waals surface area contributed by atoms with Crippen LogP contribution in [-0.2, 0) is 40.9 Å². The molecule has 11 nitrogen and oxygen atoms in total. The number of carbonyl (C=O) groups excluding carboxylic acids is 2. The first kappa shape index (κ1) is 31.9. The molecule has 3 bridgehead atoms. The predicted octanol–water partition coefficient (Wildman–Crippen LogP) is 2.70. The molecule has 4 fully saturated rings. The first-order valence-corrected chi connectivity index (χ1v) is 17.3. The standard InChI is InChI=1S/C33H43N3O8S/c1-20(2)17-36(45(40,41)25-10-8-24(9-11-25)33(12-13-33)31(34)38)18-27(37)26(14-21-6-4-3-5-7-21)35-32(39)44-29-23-15-22-16-28(29)43-30(22)42-19-23/h3-11,20,22-23,26-30,37H,12-19H2,1-2H3,(H2,34,38)(H,35,39)/t22?,23-,26+,27-,28?,29?,30?/m1/s1. The van der Waals surface area contributed by atoms with Crippen molar-refractivity contribution >= 4 is 22.0 Å². The summed E-state index contributed by atoms with van der Waals surface area (Å²) >= 11 is 0. The summed E-state index contributed by atoms with van der Waals surface area (Å²) in [5.41, 5.74) is 6.45. The Kier molecular flexibility index (Phi) is 8.97. The number of sulfonamides is 1. The topological polar surface area (TPSA) is 157 Å². The van der Waals surface area contributed by atoms with Gasteiger partial charge in [0, 0.05) is 24.9 Å². The van der Waals surface area contributed by atoms with Crippen LogP contribution >= 0.6 is 0 Å². The summed E-state index contributed by atoms with van der Waals surface area (Å²) in [6.07, 6.45) is 0.348. The number of primary amides is 1. The highest BCUT2D eigenvalue weighted by Gasteiger charge is 2.54. The number of aliphatic hydroxyl groups excluding tert-OH is 1. The molecule has 2 saturated carbocycles. The first-order valence-electron chi connectivity index (χ1n) is 15.8. The third-order valence-corrected chi connectivity index (χ3v) is 11.5. The van der Waals surface area contributed by atoms with E-state index < -0.39 is 45.7 Å². The number of fused-ring (bicyclic) bond motifs is 2. The summed E-state index contributed by atoms with van der Waals surface area (Å²) in [6, 6.07) is 14.8. The summed E-state index contributed by atoms with van der Waals surface area (Å²) in [4.78, 5) is 25.3. The maximum Gasteiger partial charge on any atom is 0.407 e. The average molecular weight is 642 g/mol. The molecule has 12 heteroatoms. The summed E-state index contributed by atoms with van der Waals surface area (Å²) < 4.78 is 46.7. The monoisotopic (exact) mass is 641 g/mol. The van der Waals surface area contributed by atoms with Gasteiger partial charge in [0.05, 0.1) is 35.2 Å². The van der Waals surface area contributed by atoms with Gasteiger partial charge in [0.25, 0.3) is 0 Å². The molecule has 2 aliphatic carbocycles. The van der Waals surface area contributed by atoms with Crippen LogP contribution in [0.4, 0.5) is 4.79 Å². The first-order chi connectivity index (χ1) is 21.5. The predicted molar refractivity (Wildman–Crippen MR) is 164 cm³/mol. The van der Waals surface area contributed by atoms with Crippen LogP contribution in [0.15, 0.2) is 59.5 Å². The van der Waals surface area contributed by atoms with Crippen molar-refractivity contribution in [1.82, 2.24) is 9.62 Å². The zero-order valence-corrected chi connectivity index (χ0v) is 26.5. The molecule has 0 radical (unpaired) electrons. The fraction of sp³-hybridized carbons (Fsp3) is 0.576. The number of hydrogen-bond acceptors (Lipinski definition) is 8. The highest BCUT2D eigenvalue weighted by Crippen LogP contribution is 2.48. The quantitative estimate of drug-likeness (QED) is 0.301. The Morgan fingerprint density at radius 2 is 1.78 bits per heavy atom. The number of nitrogens with two attached hydrogens (primary N) is 1. The number of nitrogens with zero attached hydrogens (tertiary/aromatic N) is 1. The van der Waals surface area contributed by atoms with Crippen LogP contribution in [0, 0.1) is 17.8 Å². The summed E-state index contributed by atoms with van der Waals surface area (Å²) in [5.74, 6) is -0.0818. The largest absolute Gasteiger partial charge is 0.443 e. The fourth-order valence-electron chi connectivity index (χ4n) is 7.09. The lowest BCUT2D eigenvalue weighted by molar-refractivity contribution is -0.153. The molecule has 4 unspecified atom stereocenters.